The highest BCUT2D eigenvalue weighted by atomic mass is 32.2. The van der Waals surface area contributed by atoms with Crippen molar-refractivity contribution in [3.63, 3.8) is 0 Å². The van der Waals surface area contributed by atoms with Gasteiger partial charge in [-0.05, 0) is 87.3 Å². The summed E-state index contributed by atoms with van der Waals surface area (Å²) in [6.45, 7) is 3.07. The van der Waals surface area contributed by atoms with E-state index in [1.165, 1.54) is 48.3 Å². The number of benzene rings is 2. The summed E-state index contributed by atoms with van der Waals surface area (Å²) < 4.78 is 42.5. The van der Waals surface area contributed by atoms with Crippen molar-refractivity contribution in [1.29, 1.82) is 0 Å². The summed E-state index contributed by atoms with van der Waals surface area (Å²) >= 11 is 0. The molecule has 0 spiro atoms. The molecule has 0 N–H and O–H groups in total. The Bertz CT molecular complexity index is 1520. The van der Waals surface area contributed by atoms with Crippen LogP contribution in [0.5, 0.6) is 0 Å². The van der Waals surface area contributed by atoms with Gasteiger partial charge in [0.05, 0.1) is 10.4 Å². The standard InChI is InChI=1S/C33H41FN4O2S/c1-36(29-13-5-2-6-14-29)21-11-4-12-22-37(24-27-19-20-35-33(34)23-27)25-28-26-38(32-18-10-9-17-31(28)32)41(39,40)30-15-7-3-8-16-30/h3,7-10,15-20,23,26,29H,2,4-6,11-14,21-22,24-25H2,1H3. The Morgan fingerprint density at radius 3 is 2.41 bits per heavy atom. The second kappa shape index (κ2) is 13.7. The lowest BCUT2D eigenvalue weighted by Gasteiger charge is -2.31. The van der Waals surface area contributed by atoms with Crippen molar-refractivity contribution >= 4 is 20.9 Å². The van der Waals surface area contributed by atoms with Crippen LogP contribution in [0.3, 0.4) is 0 Å². The Hall–Kier alpha value is -3.07. The summed E-state index contributed by atoms with van der Waals surface area (Å²) in [6, 6.07) is 20.2. The maximum atomic E-state index is 13.9. The number of rotatable bonds is 13. The normalized spacial score (nSPS) is 14.8. The number of nitrogens with zero attached hydrogens (tertiary/aromatic N) is 4. The van der Waals surface area contributed by atoms with Crippen molar-refractivity contribution in [2.75, 3.05) is 20.1 Å². The molecule has 2 aromatic carbocycles. The Kier molecular flexibility index (Phi) is 9.85. The molecular weight excluding hydrogens is 535 g/mol. The molecule has 0 amide bonds. The van der Waals surface area contributed by atoms with Gasteiger partial charge in [-0.25, -0.2) is 17.4 Å². The number of pyridine rings is 1. The first-order chi connectivity index (χ1) is 19.9. The lowest BCUT2D eigenvalue weighted by atomic mass is 9.94. The summed E-state index contributed by atoms with van der Waals surface area (Å²) in [4.78, 5) is 8.80. The number of fused-ring (bicyclic) bond motifs is 1. The molecule has 1 aliphatic rings. The van der Waals surface area contributed by atoms with E-state index in [-0.39, 0.29) is 4.90 Å². The van der Waals surface area contributed by atoms with E-state index < -0.39 is 16.0 Å². The predicted octanol–water partition coefficient (Wildman–Crippen LogP) is 6.85. The fourth-order valence-electron chi connectivity index (χ4n) is 6.08. The number of unbranched alkanes of at least 4 members (excludes halogenated alkanes) is 2. The molecule has 8 heteroatoms. The zero-order valence-electron chi connectivity index (χ0n) is 24.0. The van der Waals surface area contributed by atoms with Crippen LogP contribution >= 0.6 is 0 Å². The molecule has 0 bridgehead atoms. The van der Waals surface area contributed by atoms with Gasteiger partial charge in [-0.15, -0.1) is 0 Å². The van der Waals surface area contributed by atoms with E-state index in [1.54, 1.807) is 30.5 Å². The second-order valence-corrected chi connectivity index (χ2v) is 13.1. The van der Waals surface area contributed by atoms with Gasteiger partial charge in [0, 0.05) is 36.9 Å². The molecule has 1 fully saturated rings. The van der Waals surface area contributed by atoms with E-state index >= 15 is 0 Å². The van der Waals surface area contributed by atoms with Gasteiger partial charge in [0.25, 0.3) is 10.0 Å². The van der Waals surface area contributed by atoms with Crippen molar-refractivity contribution in [3.05, 3.63) is 96.2 Å². The highest BCUT2D eigenvalue weighted by molar-refractivity contribution is 7.90. The molecule has 0 aliphatic heterocycles. The minimum absolute atomic E-state index is 0.259. The lowest BCUT2D eigenvalue weighted by molar-refractivity contribution is 0.186. The molecule has 0 saturated heterocycles. The average molecular weight is 577 g/mol. The maximum absolute atomic E-state index is 13.9. The highest BCUT2D eigenvalue weighted by Crippen LogP contribution is 2.28. The molecule has 41 heavy (non-hydrogen) atoms. The quantitative estimate of drug-likeness (QED) is 0.129. The smallest absolute Gasteiger partial charge is 0.268 e. The molecular formula is C33H41FN4O2S. The molecule has 1 aliphatic carbocycles. The van der Waals surface area contributed by atoms with Gasteiger partial charge in [-0.1, -0.05) is 62.1 Å². The molecule has 4 aromatic rings. The van der Waals surface area contributed by atoms with Gasteiger partial charge >= 0.3 is 0 Å². The van der Waals surface area contributed by atoms with Crippen LogP contribution in [0.2, 0.25) is 0 Å². The molecule has 2 heterocycles. The Balaban J connectivity index is 1.31. The lowest BCUT2D eigenvalue weighted by Crippen LogP contribution is -2.34. The van der Waals surface area contributed by atoms with Gasteiger partial charge in [0.15, 0.2) is 0 Å². The summed E-state index contributed by atoms with van der Waals surface area (Å²) in [7, 11) is -1.49. The van der Waals surface area contributed by atoms with E-state index in [9.17, 15) is 12.8 Å². The van der Waals surface area contributed by atoms with E-state index in [4.69, 9.17) is 0 Å². The maximum Gasteiger partial charge on any atom is 0.268 e. The fraction of sp³-hybridized carbons (Fsp3) is 0.424. The van der Waals surface area contributed by atoms with Crippen molar-refractivity contribution in [3.8, 4) is 0 Å². The average Bonchev–Trinajstić information content (AvgIpc) is 3.37. The number of para-hydroxylation sites is 1. The summed E-state index contributed by atoms with van der Waals surface area (Å²) in [6.07, 6.45) is 13.3. The highest BCUT2D eigenvalue weighted by Gasteiger charge is 2.22. The van der Waals surface area contributed by atoms with Gasteiger partial charge in [-0.2, -0.15) is 4.39 Å². The largest absolute Gasteiger partial charge is 0.303 e. The van der Waals surface area contributed by atoms with Crippen LogP contribution in [-0.2, 0) is 23.1 Å². The van der Waals surface area contributed by atoms with Gasteiger partial charge < -0.3 is 4.90 Å². The van der Waals surface area contributed by atoms with Crippen molar-refractivity contribution in [1.82, 2.24) is 18.8 Å². The van der Waals surface area contributed by atoms with Gasteiger partial charge in [0.2, 0.25) is 5.95 Å². The Morgan fingerprint density at radius 2 is 1.63 bits per heavy atom. The zero-order valence-corrected chi connectivity index (χ0v) is 24.8. The minimum atomic E-state index is -3.75. The van der Waals surface area contributed by atoms with Crippen LogP contribution in [0.25, 0.3) is 10.9 Å². The first-order valence-corrected chi connectivity index (χ1v) is 16.3. The van der Waals surface area contributed by atoms with E-state index in [1.807, 2.05) is 36.4 Å². The Morgan fingerprint density at radius 1 is 0.902 bits per heavy atom. The third-order valence-corrected chi connectivity index (χ3v) is 10.0. The fourth-order valence-corrected chi connectivity index (χ4v) is 7.49. The monoisotopic (exact) mass is 576 g/mol. The Labute approximate surface area is 243 Å². The van der Waals surface area contributed by atoms with Crippen LogP contribution in [-0.4, -0.2) is 53.4 Å². The molecule has 5 rings (SSSR count). The zero-order chi connectivity index (χ0) is 28.7. The summed E-state index contributed by atoms with van der Waals surface area (Å²) in [5, 5.41) is 0.909. The summed E-state index contributed by atoms with van der Waals surface area (Å²) in [5.74, 6) is -0.487. The van der Waals surface area contributed by atoms with Crippen molar-refractivity contribution < 1.29 is 12.8 Å². The van der Waals surface area contributed by atoms with Crippen LogP contribution in [0, 0.1) is 5.95 Å². The molecule has 0 unspecified atom stereocenters. The van der Waals surface area contributed by atoms with Crippen LogP contribution in [0.1, 0.15) is 62.5 Å². The minimum Gasteiger partial charge on any atom is -0.303 e. The summed E-state index contributed by atoms with van der Waals surface area (Å²) in [5.41, 5.74) is 2.45. The third kappa shape index (κ3) is 7.42. The SMILES string of the molecule is CN(CCCCCN(Cc1ccnc(F)c1)Cc1cn(S(=O)(=O)c2ccccc2)c2ccccc12)C1CCCCC1. The number of hydrogen-bond acceptors (Lipinski definition) is 5. The van der Waals surface area contributed by atoms with Gasteiger partial charge in [-0.3, -0.25) is 4.90 Å². The van der Waals surface area contributed by atoms with Gasteiger partial charge in [0.1, 0.15) is 0 Å². The third-order valence-electron chi connectivity index (χ3n) is 8.33. The van der Waals surface area contributed by atoms with Crippen LogP contribution < -0.4 is 0 Å². The molecule has 0 atom stereocenters. The van der Waals surface area contributed by atoms with E-state index in [0.717, 1.165) is 54.9 Å². The topological polar surface area (TPSA) is 58.4 Å². The number of aromatic nitrogens is 2. The van der Waals surface area contributed by atoms with E-state index in [0.29, 0.717) is 18.6 Å². The first kappa shape index (κ1) is 29.4. The molecule has 218 valence electrons. The molecule has 2 aromatic heterocycles. The molecule has 1 saturated carbocycles. The van der Waals surface area contributed by atoms with E-state index in [2.05, 4.69) is 21.8 Å². The predicted molar refractivity (Wildman–Crippen MR) is 163 cm³/mol. The second-order valence-electron chi connectivity index (χ2n) is 11.3. The van der Waals surface area contributed by atoms with Crippen LogP contribution in [0.15, 0.2) is 84.0 Å². The molecule has 0 radical (unpaired) electrons. The van der Waals surface area contributed by atoms with Crippen molar-refractivity contribution in [2.24, 2.45) is 0 Å². The first-order valence-electron chi connectivity index (χ1n) is 14.8. The van der Waals surface area contributed by atoms with Crippen molar-refractivity contribution in [2.45, 2.75) is 75.4 Å². The van der Waals surface area contributed by atoms with Crippen LogP contribution in [0.4, 0.5) is 4.39 Å². The molecule has 6 nitrogen and oxygen atoms in total. The number of hydrogen-bond donors (Lipinski definition) is 0. The number of halogens is 1.